The van der Waals surface area contributed by atoms with Crippen LogP contribution < -0.4 is 9.80 Å². The van der Waals surface area contributed by atoms with Gasteiger partial charge in [0.25, 0.3) is 11.8 Å². The van der Waals surface area contributed by atoms with Crippen LogP contribution in [0.4, 0.5) is 11.4 Å². The molecule has 2 aromatic rings. The zero-order valence-corrected chi connectivity index (χ0v) is 29.9. The standard InChI is InChI=1S/C37H47N5O10/c1-38(2)35-25(43)16-22(17-26(35)44)34(23-18-27(45)36(39(3)4)28(46)19-23)24-20-29(47)37(30(48)21-24)41-14-12-40(13-15-41)11-7-5-6-8-33(51)52-42-31(49)9-10-32(42)50/h16-21,35,43-48H,5-15H2,1-4H3. The van der Waals surface area contributed by atoms with Crippen molar-refractivity contribution < 1.29 is 49.9 Å². The van der Waals surface area contributed by atoms with Crippen LogP contribution in [-0.2, 0) is 19.2 Å². The Hall–Kier alpha value is -5.41. The Bertz CT molecular complexity index is 1730. The fourth-order valence-electron chi connectivity index (χ4n) is 6.90. The number of phenols is 4. The Morgan fingerprint density at radius 3 is 1.77 bits per heavy atom. The lowest BCUT2D eigenvalue weighted by atomic mass is 9.88. The molecule has 2 aromatic carbocycles. The van der Waals surface area contributed by atoms with Gasteiger partial charge in [0.05, 0.1) is 0 Å². The van der Waals surface area contributed by atoms with Crippen molar-refractivity contribution >= 4 is 34.7 Å². The maximum Gasteiger partial charge on any atom is 0.333 e. The molecule has 2 amide bonds. The molecular formula is C37H47N5O10. The summed E-state index contributed by atoms with van der Waals surface area (Å²) in [6.07, 6.45) is 5.26. The molecule has 0 atom stereocenters. The number of nitrogens with zero attached hydrogens (tertiary/aromatic N) is 5. The van der Waals surface area contributed by atoms with Crippen LogP contribution in [0.5, 0.6) is 23.0 Å². The molecule has 15 heteroatoms. The number of phenolic OH excluding ortho intramolecular Hbond substituents is 4. The third-order valence-electron chi connectivity index (χ3n) is 9.38. The van der Waals surface area contributed by atoms with Crippen molar-refractivity contribution in [1.29, 1.82) is 0 Å². The minimum atomic E-state index is -0.782. The molecular weight excluding hydrogens is 674 g/mol. The summed E-state index contributed by atoms with van der Waals surface area (Å²) in [6, 6.07) is 5.00. The molecule has 2 saturated heterocycles. The molecule has 2 fully saturated rings. The number of likely N-dealkylation sites (N-methyl/N-ethyl adjacent to an activating group) is 1. The van der Waals surface area contributed by atoms with E-state index in [4.69, 9.17) is 4.84 Å². The van der Waals surface area contributed by atoms with Crippen LogP contribution in [-0.4, -0.2) is 130 Å². The summed E-state index contributed by atoms with van der Waals surface area (Å²) in [7, 11) is 6.74. The van der Waals surface area contributed by atoms with Crippen LogP contribution >= 0.6 is 0 Å². The summed E-state index contributed by atoms with van der Waals surface area (Å²) < 4.78 is 0. The number of unbranched alkanes of at least 4 members (excludes halogenated alkanes) is 2. The van der Waals surface area contributed by atoms with E-state index in [1.807, 2.05) is 4.90 Å². The second-order valence-electron chi connectivity index (χ2n) is 13.6. The number of aromatic hydroxyl groups is 4. The number of allylic oxidation sites excluding steroid dienone is 3. The first kappa shape index (κ1) is 37.8. The van der Waals surface area contributed by atoms with Crippen molar-refractivity contribution in [2.45, 2.75) is 44.6 Å². The van der Waals surface area contributed by atoms with E-state index in [0.29, 0.717) is 59.9 Å². The number of aliphatic hydroxyl groups is 2. The molecule has 0 bridgehead atoms. The van der Waals surface area contributed by atoms with Gasteiger partial charge < -0.3 is 45.3 Å². The van der Waals surface area contributed by atoms with Gasteiger partial charge in [-0.2, -0.15) is 0 Å². The summed E-state index contributed by atoms with van der Waals surface area (Å²) in [6.45, 7) is 3.14. The van der Waals surface area contributed by atoms with Crippen molar-refractivity contribution in [3.63, 3.8) is 0 Å². The number of piperazine rings is 1. The number of rotatable bonds is 12. The van der Waals surface area contributed by atoms with Gasteiger partial charge in [-0.3, -0.25) is 19.4 Å². The van der Waals surface area contributed by atoms with Gasteiger partial charge in [-0.15, -0.1) is 5.06 Å². The van der Waals surface area contributed by atoms with Crippen LogP contribution in [0.3, 0.4) is 0 Å². The smallest absolute Gasteiger partial charge is 0.333 e. The Morgan fingerprint density at radius 1 is 0.750 bits per heavy atom. The van der Waals surface area contributed by atoms with Crippen LogP contribution in [0, 0.1) is 0 Å². The maximum atomic E-state index is 12.0. The molecule has 5 rings (SSSR count). The highest BCUT2D eigenvalue weighted by atomic mass is 16.7. The molecule has 0 radical (unpaired) electrons. The van der Waals surface area contributed by atoms with E-state index in [-0.39, 0.29) is 65.2 Å². The average Bonchev–Trinajstić information content (AvgIpc) is 3.36. The van der Waals surface area contributed by atoms with Crippen LogP contribution in [0.25, 0.3) is 5.57 Å². The third-order valence-corrected chi connectivity index (χ3v) is 9.38. The number of aliphatic hydroxyl groups excluding tert-OH is 2. The summed E-state index contributed by atoms with van der Waals surface area (Å²) in [4.78, 5) is 47.5. The summed E-state index contributed by atoms with van der Waals surface area (Å²) >= 11 is 0. The first-order chi connectivity index (χ1) is 24.7. The third kappa shape index (κ3) is 8.21. The van der Waals surface area contributed by atoms with E-state index in [2.05, 4.69) is 4.90 Å². The number of anilines is 2. The first-order valence-corrected chi connectivity index (χ1v) is 17.2. The number of benzene rings is 2. The predicted molar refractivity (Wildman–Crippen MR) is 193 cm³/mol. The van der Waals surface area contributed by atoms with Crippen molar-refractivity contribution in [3.05, 3.63) is 64.6 Å². The molecule has 2 aliphatic heterocycles. The highest BCUT2D eigenvalue weighted by molar-refractivity contribution is 6.01. The summed E-state index contributed by atoms with van der Waals surface area (Å²) in [5, 5.41) is 66.7. The summed E-state index contributed by atoms with van der Waals surface area (Å²) in [5.74, 6) is -2.74. The van der Waals surface area contributed by atoms with Gasteiger partial charge in [-0.05, 0) is 92.2 Å². The molecule has 0 saturated carbocycles. The number of hydrogen-bond acceptors (Lipinski definition) is 14. The van der Waals surface area contributed by atoms with Crippen molar-refractivity contribution in [1.82, 2.24) is 14.9 Å². The summed E-state index contributed by atoms with van der Waals surface area (Å²) in [5.41, 5.74) is 1.70. The van der Waals surface area contributed by atoms with Gasteiger partial charge in [0, 0.05) is 59.5 Å². The topological polar surface area (TPSA) is 198 Å². The molecule has 6 N–H and O–H groups in total. The van der Waals surface area contributed by atoms with Crippen molar-refractivity contribution in [2.75, 3.05) is 70.7 Å². The molecule has 3 aliphatic rings. The monoisotopic (exact) mass is 721 g/mol. The quantitative estimate of drug-likeness (QED) is 0.138. The number of hydrogen-bond donors (Lipinski definition) is 6. The van der Waals surface area contributed by atoms with Crippen LogP contribution in [0.2, 0.25) is 0 Å². The maximum absolute atomic E-state index is 12.0. The Morgan fingerprint density at radius 2 is 1.27 bits per heavy atom. The van der Waals surface area contributed by atoms with Gasteiger partial charge in [0.15, 0.2) is 0 Å². The lowest BCUT2D eigenvalue weighted by Gasteiger charge is -2.36. The van der Waals surface area contributed by atoms with E-state index in [1.54, 1.807) is 38.0 Å². The van der Waals surface area contributed by atoms with E-state index < -0.39 is 23.8 Å². The van der Waals surface area contributed by atoms with Gasteiger partial charge in [-0.25, -0.2) is 4.79 Å². The molecule has 0 spiro atoms. The predicted octanol–water partition coefficient (Wildman–Crippen LogP) is 3.49. The number of imide groups is 1. The van der Waals surface area contributed by atoms with Gasteiger partial charge >= 0.3 is 5.97 Å². The largest absolute Gasteiger partial charge is 0.510 e. The minimum Gasteiger partial charge on any atom is -0.510 e. The number of amides is 2. The van der Waals surface area contributed by atoms with Crippen molar-refractivity contribution in [2.24, 2.45) is 0 Å². The molecule has 0 unspecified atom stereocenters. The highest BCUT2D eigenvalue weighted by Crippen LogP contribution is 2.45. The number of carbonyl (C=O) groups excluding carboxylic acids is 3. The van der Waals surface area contributed by atoms with Crippen LogP contribution in [0.1, 0.15) is 49.7 Å². The molecule has 280 valence electrons. The molecule has 2 heterocycles. The second kappa shape index (κ2) is 15.9. The molecule has 15 nitrogen and oxygen atoms in total. The molecule has 1 aliphatic carbocycles. The zero-order chi connectivity index (χ0) is 37.9. The fourth-order valence-corrected chi connectivity index (χ4v) is 6.90. The lowest BCUT2D eigenvalue weighted by Crippen LogP contribution is -2.46. The van der Waals surface area contributed by atoms with E-state index >= 15 is 0 Å². The van der Waals surface area contributed by atoms with E-state index in [1.165, 1.54) is 36.4 Å². The number of hydroxylamine groups is 2. The zero-order valence-electron chi connectivity index (χ0n) is 29.9. The lowest BCUT2D eigenvalue weighted by molar-refractivity contribution is -0.197. The first-order valence-electron chi connectivity index (χ1n) is 17.2. The second-order valence-corrected chi connectivity index (χ2v) is 13.6. The Labute approximate surface area is 302 Å². The Balaban J connectivity index is 1.28. The minimum absolute atomic E-state index is 0.0549. The average molecular weight is 722 g/mol. The highest BCUT2D eigenvalue weighted by Gasteiger charge is 2.33. The Kier molecular flexibility index (Phi) is 11.5. The van der Waals surface area contributed by atoms with Gasteiger partial charge in [0.1, 0.15) is 51.9 Å². The van der Waals surface area contributed by atoms with E-state index in [9.17, 15) is 45.0 Å². The normalized spacial score (nSPS) is 18.2. The fraction of sp³-hybridized carbons (Fsp3) is 0.432. The van der Waals surface area contributed by atoms with E-state index in [0.717, 1.165) is 19.4 Å². The molecule has 0 aromatic heterocycles. The molecule has 52 heavy (non-hydrogen) atoms. The van der Waals surface area contributed by atoms with Gasteiger partial charge in [-0.1, -0.05) is 6.42 Å². The van der Waals surface area contributed by atoms with Crippen LogP contribution in [0.15, 0.2) is 53.5 Å². The SMILES string of the molecule is CN(C)c1c(O)cc(C(=C2C=C(O)C(N(C)C)C(O)=C2)c2cc(O)c(N3CCN(CCCCCC(=O)ON4C(=O)CCC4=O)CC3)c(O)c2)cc1O. The van der Waals surface area contributed by atoms with Crippen molar-refractivity contribution in [3.8, 4) is 23.0 Å². The number of carbonyl (C=O) groups is 3. The van der Waals surface area contributed by atoms with Gasteiger partial charge in [0.2, 0.25) is 0 Å².